The van der Waals surface area contributed by atoms with Crippen LogP contribution < -0.4 is 15.8 Å². The molecule has 1 aromatic heterocycles. The summed E-state index contributed by atoms with van der Waals surface area (Å²) in [6, 6.07) is 12.0. The maximum absolute atomic E-state index is 15.2. The number of amides is 1. The van der Waals surface area contributed by atoms with E-state index in [2.05, 4.69) is 10.3 Å². The Morgan fingerprint density at radius 1 is 1.19 bits per heavy atom. The number of hydrogen-bond donors (Lipinski definition) is 3. The molecule has 0 spiro atoms. The minimum absolute atomic E-state index is 0.0535. The molecule has 3 aromatic rings. The summed E-state index contributed by atoms with van der Waals surface area (Å²) in [5.74, 6) is -2.74. The van der Waals surface area contributed by atoms with Crippen LogP contribution in [0.25, 0.3) is 0 Å². The van der Waals surface area contributed by atoms with Crippen molar-refractivity contribution in [3.05, 3.63) is 89.2 Å². The molecule has 3 rings (SSSR count). The molecule has 0 aliphatic rings. The van der Waals surface area contributed by atoms with E-state index in [1.807, 2.05) is 0 Å². The molecule has 166 valence electrons. The lowest BCUT2D eigenvalue weighted by Crippen LogP contribution is -2.31. The Morgan fingerprint density at radius 2 is 1.94 bits per heavy atom. The van der Waals surface area contributed by atoms with E-state index in [1.54, 1.807) is 43.3 Å². The molecule has 4 N–H and O–H groups in total. The molecule has 32 heavy (non-hydrogen) atoms. The second-order valence-corrected chi connectivity index (χ2v) is 6.73. The van der Waals surface area contributed by atoms with Gasteiger partial charge >= 0.3 is 0 Å². The Bertz CT molecular complexity index is 1090. The molecular formula is C23H22F2N4O3. The Balaban J connectivity index is 1.81. The van der Waals surface area contributed by atoms with Crippen LogP contribution in [-0.4, -0.2) is 23.3 Å². The fourth-order valence-corrected chi connectivity index (χ4v) is 2.94. The van der Waals surface area contributed by atoms with Gasteiger partial charge in [-0.05, 0) is 36.8 Å². The van der Waals surface area contributed by atoms with Gasteiger partial charge in [-0.2, -0.15) is 0 Å². The molecule has 0 bridgehead atoms. The molecule has 0 radical (unpaired) electrons. The van der Waals surface area contributed by atoms with E-state index in [0.717, 1.165) is 12.1 Å². The maximum Gasteiger partial charge on any atom is 0.254 e. The van der Waals surface area contributed by atoms with Crippen molar-refractivity contribution in [2.45, 2.75) is 19.6 Å². The van der Waals surface area contributed by atoms with Gasteiger partial charge in [-0.25, -0.2) is 8.78 Å². The number of ether oxygens (including phenoxy) is 2. The summed E-state index contributed by atoms with van der Waals surface area (Å²) in [6.07, 6.45) is 1.39. The number of carbonyl (C=O) groups excluding carboxylic acids is 1. The van der Waals surface area contributed by atoms with Crippen LogP contribution in [0.15, 0.2) is 60.9 Å². The zero-order valence-electron chi connectivity index (χ0n) is 17.3. The summed E-state index contributed by atoms with van der Waals surface area (Å²) in [5.41, 5.74) is 6.14. The van der Waals surface area contributed by atoms with Crippen LogP contribution in [0.4, 0.5) is 8.78 Å². The Morgan fingerprint density at radius 3 is 2.56 bits per heavy atom. The van der Waals surface area contributed by atoms with Crippen LogP contribution in [0.5, 0.6) is 11.5 Å². The van der Waals surface area contributed by atoms with Gasteiger partial charge < -0.3 is 20.5 Å². The molecule has 1 atom stereocenters. The van der Waals surface area contributed by atoms with Gasteiger partial charge in [0, 0.05) is 24.9 Å². The summed E-state index contributed by atoms with van der Waals surface area (Å²) >= 11 is 0. The van der Waals surface area contributed by atoms with Gasteiger partial charge in [-0.3, -0.25) is 15.2 Å². The number of nitrogens with one attached hydrogen (secondary N) is 2. The number of benzene rings is 2. The van der Waals surface area contributed by atoms with Gasteiger partial charge in [0.2, 0.25) is 0 Å². The summed E-state index contributed by atoms with van der Waals surface area (Å²) in [6.45, 7) is 1.76. The zero-order valence-corrected chi connectivity index (χ0v) is 17.3. The monoisotopic (exact) mass is 440 g/mol. The minimum atomic E-state index is -1.52. The molecule has 0 unspecified atom stereocenters. The van der Waals surface area contributed by atoms with Crippen LogP contribution >= 0.6 is 0 Å². The van der Waals surface area contributed by atoms with E-state index < -0.39 is 29.2 Å². The summed E-state index contributed by atoms with van der Waals surface area (Å²) in [5, 5.41) is 10.0. The number of hydrogen-bond acceptors (Lipinski definition) is 5. The van der Waals surface area contributed by atoms with E-state index in [-0.39, 0.29) is 30.5 Å². The topological polar surface area (TPSA) is 110 Å². The van der Waals surface area contributed by atoms with Gasteiger partial charge in [0.05, 0.1) is 11.8 Å². The van der Waals surface area contributed by atoms with Crippen molar-refractivity contribution in [1.82, 2.24) is 10.3 Å². The summed E-state index contributed by atoms with van der Waals surface area (Å²) in [7, 11) is 0. The molecule has 1 amide bonds. The Kier molecular flexibility index (Phi) is 7.45. The zero-order chi connectivity index (χ0) is 23.1. The SMILES string of the molecule is CCO[C@H](C(=O)NCc1ccc(C(=N)N)cc1)c1c(F)ccc(Oc2cccnc2)c1F. The predicted octanol–water partition coefficient (Wildman–Crippen LogP) is 3.83. The average molecular weight is 440 g/mol. The lowest BCUT2D eigenvalue weighted by Gasteiger charge is -2.20. The van der Waals surface area contributed by atoms with Crippen molar-refractivity contribution < 1.29 is 23.0 Å². The van der Waals surface area contributed by atoms with Crippen molar-refractivity contribution >= 4 is 11.7 Å². The molecule has 0 fully saturated rings. The molecule has 0 saturated carbocycles. The van der Waals surface area contributed by atoms with Crippen molar-refractivity contribution in [2.24, 2.45) is 5.73 Å². The third-order valence-corrected chi connectivity index (χ3v) is 4.52. The number of carbonyl (C=O) groups is 1. The third-order valence-electron chi connectivity index (χ3n) is 4.52. The first-order chi connectivity index (χ1) is 15.4. The Hall–Kier alpha value is -3.85. The lowest BCUT2D eigenvalue weighted by atomic mass is 10.1. The highest BCUT2D eigenvalue weighted by atomic mass is 19.1. The lowest BCUT2D eigenvalue weighted by molar-refractivity contribution is -0.133. The fraction of sp³-hybridized carbons (Fsp3) is 0.174. The number of nitrogens with two attached hydrogens (primary N) is 1. The predicted molar refractivity (Wildman–Crippen MR) is 114 cm³/mol. The fourth-order valence-electron chi connectivity index (χ4n) is 2.94. The van der Waals surface area contributed by atoms with E-state index >= 15 is 4.39 Å². The number of aromatic nitrogens is 1. The highest BCUT2D eigenvalue weighted by molar-refractivity contribution is 5.94. The van der Waals surface area contributed by atoms with E-state index in [0.29, 0.717) is 11.1 Å². The Labute approximate surface area is 183 Å². The normalized spacial score (nSPS) is 11.6. The number of pyridine rings is 1. The first-order valence-corrected chi connectivity index (χ1v) is 9.79. The number of halogens is 2. The molecule has 0 aliphatic carbocycles. The third kappa shape index (κ3) is 5.44. The highest BCUT2D eigenvalue weighted by Gasteiger charge is 2.30. The largest absolute Gasteiger partial charge is 0.453 e. The molecular weight excluding hydrogens is 418 g/mol. The van der Waals surface area contributed by atoms with Crippen LogP contribution in [0.2, 0.25) is 0 Å². The quantitative estimate of drug-likeness (QED) is 0.346. The summed E-state index contributed by atoms with van der Waals surface area (Å²) < 4.78 is 40.6. The van der Waals surface area contributed by atoms with Crippen molar-refractivity contribution in [2.75, 3.05) is 6.61 Å². The van der Waals surface area contributed by atoms with Crippen LogP contribution in [0.1, 0.15) is 29.7 Å². The number of nitrogen functional groups attached to an aromatic ring is 1. The van der Waals surface area contributed by atoms with Crippen molar-refractivity contribution in [1.29, 1.82) is 5.41 Å². The van der Waals surface area contributed by atoms with Gasteiger partial charge in [-0.15, -0.1) is 0 Å². The van der Waals surface area contributed by atoms with E-state index in [4.69, 9.17) is 20.6 Å². The van der Waals surface area contributed by atoms with E-state index in [9.17, 15) is 9.18 Å². The number of rotatable bonds is 9. The van der Waals surface area contributed by atoms with Crippen LogP contribution in [0.3, 0.4) is 0 Å². The molecule has 0 saturated heterocycles. The number of nitrogens with zero attached hydrogens (tertiary/aromatic N) is 1. The van der Waals surface area contributed by atoms with Gasteiger partial charge in [-0.1, -0.05) is 24.3 Å². The first-order valence-electron chi connectivity index (χ1n) is 9.79. The second kappa shape index (κ2) is 10.5. The van der Waals surface area contributed by atoms with Gasteiger partial charge in [0.15, 0.2) is 17.7 Å². The first kappa shape index (κ1) is 22.8. The summed E-state index contributed by atoms with van der Waals surface area (Å²) in [4.78, 5) is 16.7. The van der Waals surface area contributed by atoms with Gasteiger partial charge in [0.25, 0.3) is 5.91 Å². The van der Waals surface area contributed by atoms with Crippen LogP contribution in [-0.2, 0) is 16.1 Å². The minimum Gasteiger partial charge on any atom is -0.453 e. The molecule has 9 heteroatoms. The van der Waals surface area contributed by atoms with Crippen molar-refractivity contribution in [3.8, 4) is 11.5 Å². The average Bonchev–Trinajstić information content (AvgIpc) is 2.80. The van der Waals surface area contributed by atoms with E-state index in [1.165, 1.54) is 12.4 Å². The standard InChI is InChI=1S/C23H22F2N4O3/c1-2-31-21(23(30)29-12-14-5-7-15(8-6-14)22(26)27)19-17(24)9-10-18(20(19)25)32-16-4-3-11-28-13-16/h3-11,13,21H,2,12H2,1H3,(H3,26,27)(H,29,30)/t21-/m0/s1. The van der Waals surface area contributed by atoms with Gasteiger partial charge in [0.1, 0.15) is 17.4 Å². The highest BCUT2D eigenvalue weighted by Crippen LogP contribution is 2.32. The molecule has 7 nitrogen and oxygen atoms in total. The van der Waals surface area contributed by atoms with Crippen molar-refractivity contribution in [3.63, 3.8) is 0 Å². The maximum atomic E-state index is 15.2. The second-order valence-electron chi connectivity index (χ2n) is 6.73. The van der Waals surface area contributed by atoms with Crippen LogP contribution in [0, 0.1) is 17.0 Å². The smallest absolute Gasteiger partial charge is 0.254 e. The molecule has 0 aliphatic heterocycles. The molecule has 1 heterocycles. The number of amidine groups is 1. The molecule has 2 aromatic carbocycles.